The zero-order chi connectivity index (χ0) is 13.9. The molecule has 2 heterocycles. The van der Waals surface area contributed by atoms with E-state index in [2.05, 4.69) is 15.1 Å². The Balaban J connectivity index is 2.13. The van der Waals surface area contributed by atoms with Gasteiger partial charge < -0.3 is 4.90 Å². The van der Waals surface area contributed by atoms with Crippen molar-refractivity contribution in [2.75, 3.05) is 24.4 Å². The standard InChI is InChI=1S/C14H14ClN5/c1-19(8-7-15)13-12-9-18-20(14(12)17-10-16-13)11-5-3-2-4-6-11/h2-6,9-10H,7-8H2,1H3. The van der Waals surface area contributed by atoms with Gasteiger partial charge in [-0.3, -0.25) is 0 Å². The molecule has 0 amide bonds. The van der Waals surface area contributed by atoms with Gasteiger partial charge in [0.25, 0.3) is 0 Å². The average molecular weight is 288 g/mol. The minimum absolute atomic E-state index is 0.550. The summed E-state index contributed by atoms with van der Waals surface area (Å²) in [5.41, 5.74) is 1.77. The molecule has 0 radical (unpaired) electrons. The molecule has 0 saturated heterocycles. The lowest BCUT2D eigenvalue weighted by Gasteiger charge is -2.16. The minimum Gasteiger partial charge on any atom is -0.358 e. The molecular weight excluding hydrogens is 274 g/mol. The van der Waals surface area contributed by atoms with Gasteiger partial charge in [-0.25, -0.2) is 14.6 Å². The van der Waals surface area contributed by atoms with Crippen molar-refractivity contribution in [1.82, 2.24) is 19.7 Å². The molecule has 2 aromatic heterocycles. The van der Waals surface area contributed by atoms with E-state index in [1.165, 1.54) is 0 Å². The number of alkyl halides is 1. The van der Waals surface area contributed by atoms with Crippen LogP contribution < -0.4 is 4.90 Å². The predicted octanol–water partition coefficient (Wildman–Crippen LogP) is 2.49. The smallest absolute Gasteiger partial charge is 0.168 e. The third kappa shape index (κ3) is 2.20. The number of anilines is 1. The maximum absolute atomic E-state index is 5.79. The van der Waals surface area contributed by atoms with E-state index < -0.39 is 0 Å². The van der Waals surface area contributed by atoms with E-state index in [1.807, 2.05) is 47.0 Å². The maximum atomic E-state index is 5.79. The Kier molecular flexibility index (Phi) is 3.52. The fraction of sp³-hybridized carbons (Fsp3) is 0.214. The first-order chi connectivity index (χ1) is 9.81. The van der Waals surface area contributed by atoms with E-state index >= 15 is 0 Å². The lowest BCUT2D eigenvalue weighted by atomic mass is 10.3. The highest BCUT2D eigenvalue weighted by molar-refractivity contribution is 6.18. The summed E-state index contributed by atoms with van der Waals surface area (Å²) in [6.45, 7) is 0.726. The molecule has 0 N–H and O–H groups in total. The molecule has 5 nitrogen and oxygen atoms in total. The van der Waals surface area contributed by atoms with Crippen molar-refractivity contribution in [3.63, 3.8) is 0 Å². The van der Waals surface area contributed by atoms with Crippen LogP contribution in [0.3, 0.4) is 0 Å². The number of benzene rings is 1. The highest BCUT2D eigenvalue weighted by Crippen LogP contribution is 2.23. The van der Waals surface area contributed by atoms with Gasteiger partial charge in [0.2, 0.25) is 0 Å². The predicted molar refractivity (Wildman–Crippen MR) is 80.7 cm³/mol. The van der Waals surface area contributed by atoms with Gasteiger partial charge in [-0.05, 0) is 12.1 Å². The van der Waals surface area contributed by atoms with E-state index in [0.29, 0.717) is 5.88 Å². The Morgan fingerprint density at radius 2 is 2.00 bits per heavy atom. The third-order valence-electron chi connectivity index (χ3n) is 3.13. The van der Waals surface area contributed by atoms with Crippen molar-refractivity contribution in [2.45, 2.75) is 0 Å². The first-order valence-corrected chi connectivity index (χ1v) is 6.86. The summed E-state index contributed by atoms with van der Waals surface area (Å²) in [5, 5.41) is 5.34. The van der Waals surface area contributed by atoms with Crippen molar-refractivity contribution < 1.29 is 0 Å². The van der Waals surface area contributed by atoms with Crippen LogP contribution >= 0.6 is 11.6 Å². The minimum atomic E-state index is 0.550. The van der Waals surface area contributed by atoms with Crippen LogP contribution in [0.4, 0.5) is 5.82 Å². The number of aromatic nitrogens is 4. The van der Waals surface area contributed by atoms with E-state index in [4.69, 9.17) is 11.6 Å². The number of hydrogen-bond donors (Lipinski definition) is 0. The summed E-state index contributed by atoms with van der Waals surface area (Å²) in [7, 11) is 1.96. The van der Waals surface area contributed by atoms with E-state index in [-0.39, 0.29) is 0 Å². The molecule has 0 fully saturated rings. The van der Waals surface area contributed by atoms with Gasteiger partial charge in [-0.15, -0.1) is 11.6 Å². The zero-order valence-corrected chi connectivity index (χ0v) is 11.8. The molecule has 0 atom stereocenters. The summed E-state index contributed by atoms with van der Waals surface area (Å²) < 4.78 is 1.81. The first kappa shape index (κ1) is 12.9. The molecule has 3 aromatic rings. The topological polar surface area (TPSA) is 46.8 Å². The Morgan fingerprint density at radius 1 is 1.20 bits per heavy atom. The summed E-state index contributed by atoms with van der Waals surface area (Å²) in [4.78, 5) is 10.7. The van der Waals surface area contributed by atoms with Crippen LogP contribution in [0.15, 0.2) is 42.9 Å². The van der Waals surface area contributed by atoms with Crippen LogP contribution in [0.5, 0.6) is 0 Å². The van der Waals surface area contributed by atoms with Crippen molar-refractivity contribution in [2.24, 2.45) is 0 Å². The molecule has 0 aliphatic rings. The molecule has 0 saturated carbocycles. The van der Waals surface area contributed by atoms with Crippen LogP contribution in [0.1, 0.15) is 0 Å². The molecular formula is C14H14ClN5. The van der Waals surface area contributed by atoms with Gasteiger partial charge >= 0.3 is 0 Å². The largest absolute Gasteiger partial charge is 0.358 e. The molecule has 0 bridgehead atoms. The molecule has 3 rings (SSSR count). The quantitative estimate of drug-likeness (QED) is 0.692. The lowest BCUT2D eigenvalue weighted by Crippen LogP contribution is -2.21. The molecule has 102 valence electrons. The average Bonchev–Trinajstić information content (AvgIpc) is 2.92. The Hall–Kier alpha value is -2.14. The number of fused-ring (bicyclic) bond motifs is 1. The van der Waals surface area contributed by atoms with Crippen molar-refractivity contribution >= 4 is 28.5 Å². The monoisotopic (exact) mass is 287 g/mol. The fourth-order valence-corrected chi connectivity index (χ4v) is 2.38. The molecule has 6 heteroatoms. The van der Waals surface area contributed by atoms with Gasteiger partial charge in [0.05, 0.1) is 17.3 Å². The van der Waals surface area contributed by atoms with Crippen LogP contribution in [0, 0.1) is 0 Å². The van der Waals surface area contributed by atoms with E-state index in [9.17, 15) is 0 Å². The van der Waals surface area contributed by atoms with Gasteiger partial charge in [0, 0.05) is 19.5 Å². The van der Waals surface area contributed by atoms with Crippen molar-refractivity contribution in [3.8, 4) is 5.69 Å². The second kappa shape index (κ2) is 5.46. The second-order valence-corrected chi connectivity index (χ2v) is 4.81. The highest BCUT2D eigenvalue weighted by Gasteiger charge is 2.13. The Bertz CT molecular complexity index is 710. The molecule has 0 aliphatic heterocycles. The second-order valence-electron chi connectivity index (χ2n) is 4.44. The van der Waals surface area contributed by atoms with E-state index in [0.717, 1.165) is 29.1 Å². The van der Waals surface area contributed by atoms with Crippen LogP contribution in [0.25, 0.3) is 16.7 Å². The van der Waals surface area contributed by atoms with Crippen LogP contribution in [-0.4, -0.2) is 39.2 Å². The van der Waals surface area contributed by atoms with E-state index in [1.54, 1.807) is 12.5 Å². The maximum Gasteiger partial charge on any atom is 0.168 e. The van der Waals surface area contributed by atoms with Crippen LogP contribution in [-0.2, 0) is 0 Å². The molecule has 0 spiro atoms. The third-order valence-corrected chi connectivity index (χ3v) is 3.30. The summed E-state index contributed by atoms with van der Waals surface area (Å²) in [6.07, 6.45) is 3.35. The molecule has 1 aromatic carbocycles. The summed E-state index contributed by atoms with van der Waals surface area (Å²) >= 11 is 5.79. The van der Waals surface area contributed by atoms with Gasteiger partial charge in [-0.2, -0.15) is 5.10 Å². The van der Waals surface area contributed by atoms with Crippen LogP contribution in [0.2, 0.25) is 0 Å². The van der Waals surface area contributed by atoms with Crippen molar-refractivity contribution in [3.05, 3.63) is 42.9 Å². The number of para-hydroxylation sites is 1. The molecule has 0 unspecified atom stereocenters. The number of nitrogens with zero attached hydrogens (tertiary/aromatic N) is 5. The van der Waals surface area contributed by atoms with Gasteiger partial charge in [0.1, 0.15) is 12.1 Å². The van der Waals surface area contributed by atoms with Gasteiger partial charge in [0.15, 0.2) is 5.65 Å². The lowest BCUT2D eigenvalue weighted by molar-refractivity contribution is 0.893. The normalized spacial score (nSPS) is 10.9. The molecule has 0 aliphatic carbocycles. The SMILES string of the molecule is CN(CCCl)c1ncnc2c1cnn2-c1ccccc1. The van der Waals surface area contributed by atoms with Gasteiger partial charge in [-0.1, -0.05) is 18.2 Å². The Morgan fingerprint density at radius 3 is 2.75 bits per heavy atom. The number of hydrogen-bond acceptors (Lipinski definition) is 4. The van der Waals surface area contributed by atoms with Crippen molar-refractivity contribution in [1.29, 1.82) is 0 Å². The zero-order valence-electron chi connectivity index (χ0n) is 11.1. The Labute approximate surface area is 121 Å². The number of halogens is 1. The summed E-state index contributed by atoms with van der Waals surface area (Å²) in [6, 6.07) is 9.92. The first-order valence-electron chi connectivity index (χ1n) is 6.32. The fourth-order valence-electron chi connectivity index (χ4n) is 2.13. The number of rotatable bonds is 4. The molecule has 20 heavy (non-hydrogen) atoms. The highest BCUT2D eigenvalue weighted by atomic mass is 35.5. The summed E-state index contributed by atoms with van der Waals surface area (Å²) in [5.74, 6) is 1.40.